The van der Waals surface area contributed by atoms with E-state index in [9.17, 15) is 0 Å². The van der Waals surface area contributed by atoms with Crippen molar-refractivity contribution in [2.24, 2.45) is 0 Å². The minimum absolute atomic E-state index is 0.170. The molecule has 0 aliphatic carbocycles. The number of nitrogens with zero attached hydrogens (tertiary/aromatic N) is 5. The molecule has 4 rings (SSSR count). The second-order valence-corrected chi connectivity index (χ2v) is 6.10. The van der Waals surface area contributed by atoms with E-state index in [4.69, 9.17) is 9.26 Å². The lowest BCUT2D eigenvalue weighted by Gasteiger charge is -2.21. The van der Waals surface area contributed by atoms with Gasteiger partial charge in [-0.15, -0.1) is 0 Å². The van der Waals surface area contributed by atoms with Gasteiger partial charge in [0.2, 0.25) is 11.7 Å². The summed E-state index contributed by atoms with van der Waals surface area (Å²) in [7, 11) is 1.75. The summed E-state index contributed by atoms with van der Waals surface area (Å²) in [6.45, 7) is 1.64. The largest absolute Gasteiger partial charge is 0.380 e. The normalized spacial score (nSPS) is 21.0. The van der Waals surface area contributed by atoms with E-state index < -0.39 is 0 Å². The Morgan fingerprint density at radius 2 is 2.20 bits per heavy atom. The van der Waals surface area contributed by atoms with E-state index in [1.807, 2.05) is 30.3 Å². The highest BCUT2D eigenvalue weighted by Crippen LogP contribution is 2.31. The molecule has 1 aliphatic heterocycles. The first-order chi connectivity index (χ1) is 12.3. The summed E-state index contributed by atoms with van der Waals surface area (Å²) in [6.07, 6.45) is 3.31. The van der Waals surface area contributed by atoms with E-state index in [1.54, 1.807) is 7.11 Å². The van der Waals surface area contributed by atoms with Crippen LogP contribution < -0.4 is 0 Å². The molecule has 1 N–H and O–H groups in total. The third-order valence-corrected chi connectivity index (χ3v) is 4.56. The molecule has 0 spiro atoms. The summed E-state index contributed by atoms with van der Waals surface area (Å²) in [6, 6.07) is 10.00. The molecule has 8 nitrogen and oxygen atoms in total. The number of ether oxygens (including phenoxy) is 1. The minimum atomic E-state index is 0.170. The minimum Gasteiger partial charge on any atom is -0.380 e. The van der Waals surface area contributed by atoms with Crippen molar-refractivity contribution in [1.29, 1.82) is 0 Å². The monoisotopic (exact) mass is 340 g/mol. The molecule has 1 fully saturated rings. The van der Waals surface area contributed by atoms with Crippen molar-refractivity contribution in [3.05, 3.63) is 48.4 Å². The predicted octanol–water partition coefficient (Wildman–Crippen LogP) is 1.86. The molecular weight excluding hydrogens is 320 g/mol. The maximum Gasteiger partial charge on any atom is 0.228 e. The van der Waals surface area contributed by atoms with Crippen LogP contribution in [-0.2, 0) is 11.2 Å². The molecule has 3 aromatic rings. The highest BCUT2D eigenvalue weighted by Gasteiger charge is 2.34. The van der Waals surface area contributed by atoms with Crippen LogP contribution in [0.15, 0.2) is 41.2 Å². The molecule has 25 heavy (non-hydrogen) atoms. The summed E-state index contributed by atoms with van der Waals surface area (Å²) in [4.78, 5) is 11.1. The number of nitrogens with one attached hydrogen (secondary N) is 1. The number of rotatable bonds is 6. The summed E-state index contributed by atoms with van der Waals surface area (Å²) < 4.78 is 10.9. The Balaban J connectivity index is 1.42. The van der Waals surface area contributed by atoms with Crippen LogP contribution in [0.1, 0.15) is 24.2 Å². The maximum atomic E-state index is 5.53. The van der Waals surface area contributed by atoms with Gasteiger partial charge in [0.05, 0.1) is 12.1 Å². The summed E-state index contributed by atoms with van der Waals surface area (Å²) in [5, 5.41) is 11.0. The second-order valence-electron chi connectivity index (χ2n) is 6.10. The zero-order valence-electron chi connectivity index (χ0n) is 14.0. The molecule has 0 bridgehead atoms. The molecule has 0 saturated carbocycles. The van der Waals surface area contributed by atoms with Gasteiger partial charge in [0.25, 0.3) is 0 Å². The zero-order chi connectivity index (χ0) is 17.1. The first-order valence-corrected chi connectivity index (χ1v) is 8.33. The molecule has 8 heteroatoms. The van der Waals surface area contributed by atoms with E-state index in [0.717, 1.165) is 30.9 Å². The fourth-order valence-electron chi connectivity index (χ4n) is 3.24. The number of aromatic amines is 1. The number of H-pyrrole nitrogens is 1. The number of benzene rings is 1. The molecule has 2 aromatic heterocycles. The van der Waals surface area contributed by atoms with E-state index in [0.29, 0.717) is 18.1 Å². The van der Waals surface area contributed by atoms with Crippen LogP contribution in [-0.4, -0.2) is 56.5 Å². The quantitative estimate of drug-likeness (QED) is 0.732. The zero-order valence-corrected chi connectivity index (χ0v) is 14.0. The lowest BCUT2D eigenvalue weighted by molar-refractivity contribution is 0.108. The molecule has 1 aromatic carbocycles. The number of methoxy groups -OCH3 is 1. The Hall–Kier alpha value is -2.58. The molecule has 3 heterocycles. The van der Waals surface area contributed by atoms with Crippen LogP contribution in [0.2, 0.25) is 0 Å². The van der Waals surface area contributed by atoms with Crippen molar-refractivity contribution in [3.63, 3.8) is 0 Å². The maximum absolute atomic E-state index is 5.53. The fourth-order valence-corrected chi connectivity index (χ4v) is 3.24. The smallest absolute Gasteiger partial charge is 0.228 e. The van der Waals surface area contributed by atoms with Gasteiger partial charge in [-0.1, -0.05) is 35.5 Å². The van der Waals surface area contributed by atoms with Gasteiger partial charge >= 0.3 is 0 Å². The van der Waals surface area contributed by atoms with Crippen molar-refractivity contribution < 1.29 is 9.26 Å². The average molecular weight is 340 g/mol. The van der Waals surface area contributed by atoms with Crippen molar-refractivity contribution in [1.82, 2.24) is 30.2 Å². The standard InChI is InChI=1S/C17H20N6O2/c1-24-13-9-14(17-18-11-19-21-17)23(10-13)8-7-15-20-16(22-25-15)12-5-3-2-4-6-12/h2-6,11,13-14H,7-10H2,1H3,(H,18,19,21)/t13-,14+/m1/s1. The molecular formula is C17H20N6O2. The van der Waals surface area contributed by atoms with Crippen LogP contribution in [0.25, 0.3) is 11.4 Å². The van der Waals surface area contributed by atoms with Gasteiger partial charge in [-0.05, 0) is 6.42 Å². The predicted molar refractivity (Wildman–Crippen MR) is 89.5 cm³/mol. The molecule has 2 atom stereocenters. The van der Waals surface area contributed by atoms with E-state index in [2.05, 4.69) is 30.2 Å². The van der Waals surface area contributed by atoms with E-state index in [1.165, 1.54) is 6.33 Å². The number of hydrogen-bond donors (Lipinski definition) is 1. The molecule has 130 valence electrons. The Morgan fingerprint density at radius 3 is 2.96 bits per heavy atom. The number of aromatic nitrogens is 5. The average Bonchev–Trinajstić information content (AvgIpc) is 3.40. The summed E-state index contributed by atoms with van der Waals surface area (Å²) in [5.74, 6) is 2.13. The first-order valence-electron chi connectivity index (χ1n) is 8.33. The van der Waals surface area contributed by atoms with Crippen molar-refractivity contribution in [2.75, 3.05) is 20.2 Å². The van der Waals surface area contributed by atoms with Crippen LogP contribution in [0.3, 0.4) is 0 Å². The molecule has 0 radical (unpaired) electrons. The van der Waals surface area contributed by atoms with Gasteiger partial charge in [-0.2, -0.15) is 10.1 Å². The van der Waals surface area contributed by atoms with E-state index in [-0.39, 0.29) is 12.1 Å². The lowest BCUT2D eigenvalue weighted by atomic mass is 10.2. The van der Waals surface area contributed by atoms with Crippen molar-refractivity contribution >= 4 is 0 Å². The molecule has 1 saturated heterocycles. The van der Waals surface area contributed by atoms with Crippen LogP contribution in [0, 0.1) is 0 Å². The van der Waals surface area contributed by atoms with Crippen LogP contribution in [0.4, 0.5) is 0 Å². The second kappa shape index (κ2) is 7.12. The molecule has 1 aliphatic rings. The van der Waals surface area contributed by atoms with Crippen molar-refractivity contribution in [2.45, 2.75) is 25.0 Å². The van der Waals surface area contributed by atoms with Gasteiger partial charge in [0.1, 0.15) is 12.2 Å². The van der Waals surface area contributed by atoms with Gasteiger partial charge in [-0.3, -0.25) is 10.00 Å². The van der Waals surface area contributed by atoms with Gasteiger partial charge in [0, 0.05) is 32.2 Å². The van der Waals surface area contributed by atoms with E-state index >= 15 is 0 Å². The van der Waals surface area contributed by atoms with Crippen LogP contribution in [0.5, 0.6) is 0 Å². The number of likely N-dealkylation sites (tertiary alicyclic amines) is 1. The Morgan fingerprint density at radius 1 is 1.32 bits per heavy atom. The highest BCUT2D eigenvalue weighted by molar-refractivity contribution is 5.53. The summed E-state index contributed by atoms with van der Waals surface area (Å²) in [5.41, 5.74) is 0.956. The molecule has 0 unspecified atom stereocenters. The Kier molecular flexibility index (Phi) is 4.53. The fraction of sp³-hybridized carbons (Fsp3) is 0.412. The molecule has 0 amide bonds. The Bertz CT molecular complexity index is 789. The third kappa shape index (κ3) is 3.45. The Labute approximate surface area is 145 Å². The third-order valence-electron chi connectivity index (χ3n) is 4.56. The summed E-state index contributed by atoms with van der Waals surface area (Å²) >= 11 is 0. The highest BCUT2D eigenvalue weighted by atomic mass is 16.5. The lowest BCUT2D eigenvalue weighted by Crippen LogP contribution is -2.28. The number of hydrogen-bond acceptors (Lipinski definition) is 7. The van der Waals surface area contributed by atoms with Gasteiger partial charge in [0.15, 0.2) is 0 Å². The van der Waals surface area contributed by atoms with Crippen molar-refractivity contribution in [3.8, 4) is 11.4 Å². The van der Waals surface area contributed by atoms with Gasteiger partial charge in [-0.25, -0.2) is 4.98 Å². The van der Waals surface area contributed by atoms with Crippen LogP contribution >= 0.6 is 0 Å². The SMILES string of the molecule is CO[C@@H]1C[C@@H](c2ncn[nH]2)N(CCc2nc(-c3ccccc3)no2)C1. The first kappa shape index (κ1) is 15.9. The van der Waals surface area contributed by atoms with Gasteiger partial charge < -0.3 is 9.26 Å². The topological polar surface area (TPSA) is 93.0 Å².